The van der Waals surface area contributed by atoms with Crippen LogP contribution in [0.3, 0.4) is 0 Å². The van der Waals surface area contributed by atoms with Gasteiger partial charge in [-0.3, -0.25) is 19.4 Å². The molecule has 0 radical (unpaired) electrons. The Kier molecular flexibility index (Phi) is 2.55. The first-order valence-electron chi connectivity index (χ1n) is 3.98. The van der Waals surface area contributed by atoms with E-state index in [9.17, 15) is 9.59 Å². The van der Waals surface area contributed by atoms with Gasteiger partial charge in [-0.1, -0.05) is 6.92 Å². The molecule has 1 unspecified atom stereocenters. The topological polar surface area (TPSA) is 75.1 Å². The van der Waals surface area contributed by atoms with Crippen molar-refractivity contribution >= 4 is 5.97 Å². The number of hydrogen-bond donors (Lipinski definition) is 2. The van der Waals surface area contributed by atoms with E-state index in [0.717, 1.165) is 0 Å². The zero-order chi connectivity index (χ0) is 10.0. The van der Waals surface area contributed by atoms with Gasteiger partial charge in [0.2, 0.25) is 0 Å². The fraction of sp³-hybridized carbons (Fsp3) is 0.500. The third-order valence-corrected chi connectivity index (χ3v) is 1.93. The van der Waals surface area contributed by atoms with E-state index < -0.39 is 5.97 Å². The van der Waals surface area contributed by atoms with Gasteiger partial charge in [0, 0.05) is 24.7 Å². The predicted molar refractivity (Wildman–Crippen MR) is 46.7 cm³/mol. The number of aryl methyl sites for hydroxylation is 1. The summed E-state index contributed by atoms with van der Waals surface area (Å²) < 4.78 is 1.55. The number of aromatic amines is 1. The minimum Gasteiger partial charge on any atom is -0.481 e. The van der Waals surface area contributed by atoms with Crippen LogP contribution in [0.4, 0.5) is 0 Å². The third-order valence-electron chi connectivity index (χ3n) is 1.93. The van der Waals surface area contributed by atoms with Gasteiger partial charge in [-0.05, 0) is 0 Å². The molecule has 0 aliphatic heterocycles. The van der Waals surface area contributed by atoms with E-state index in [1.54, 1.807) is 18.7 Å². The number of aliphatic carboxylic acids is 1. The van der Waals surface area contributed by atoms with Crippen LogP contribution in [0, 0.1) is 0 Å². The molecule has 0 aliphatic carbocycles. The number of nitrogens with zero attached hydrogens (tertiary/aromatic N) is 1. The molecular formula is C8H12N2O3. The first-order valence-corrected chi connectivity index (χ1v) is 3.98. The summed E-state index contributed by atoms with van der Waals surface area (Å²) in [5, 5.41) is 11.1. The van der Waals surface area contributed by atoms with Crippen LogP contribution in [0.15, 0.2) is 10.9 Å². The molecule has 0 aliphatic rings. The molecular weight excluding hydrogens is 172 g/mol. The summed E-state index contributed by atoms with van der Waals surface area (Å²) >= 11 is 0. The maximum Gasteiger partial charge on any atom is 0.304 e. The lowest BCUT2D eigenvalue weighted by atomic mass is 10.0. The van der Waals surface area contributed by atoms with Gasteiger partial charge in [0.25, 0.3) is 5.56 Å². The van der Waals surface area contributed by atoms with Gasteiger partial charge >= 0.3 is 5.97 Å². The first kappa shape index (κ1) is 9.57. The summed E-state index contributed by atoms with van der Waals surface area (Å²) in [6.45, 7) is 1.77. The van der Waals surface area contributed by atoms with Crippen LogP contribution < -0.4 is 5.56 Å². The summed E-state index contributed by atoms with van der Waals surface area (Å²) in [7, 11) is 1.69. The molecule has 1 aromatic heterocycles. The molecule has 0 amide bonds. The van der Waals surface area contributed by atoms with E-state index in [-0.39, 0.29) is 17.9 Å². The third kappa shape index (κ3) is 2.21. The molecule has 0 saturated carbocycles. The van der Waals surface area contributed by atoms with E-state index in [0.29, 0.717) is 5.69 Å². The summed E-state index contributed by atoms with van der Waals surface area (Å²) in [6, 6.07) is 1.42. The molecule has 0 spiro atoms. The summed E-state index contributed by atoms with van der Waals surface area (Å²) in [5.41, 5.74) is 0.516. The molecule has 1 aromatic rings. The molecule has 0 aromatic carbocycles. The molecule has 0 saturated heterocycles. The number of hydrogen-bond acceptors (Lipinski definition) is 2. The van der Waals surface area contributed by atoms with Crippen molar-refractivity contribution < 1.29 is 9.90 Å². The SMILES string of the molecule is CC(CC(=O)O)c1cc(=O)[nH]n1C. The highest BCUT2D eigenvalue weighted by Crippen LogP contribution is 2.15. The van der Waals surface area contributed by atoms with Crippen LogP contribution in [0.1, 0.15) is 25.0 Å². The van der Waals surface area contributed by atoms with Crippen molar-refractivity contribution in [2.24, 2.45) is 7.05 Å². The number of H-pyrrole nitrogens is 1. The van der Waals surface area contributed by atoms with E-state index in [1.807, 2.05) is 0 Å². The molecule has 0 fully saturated rings. The lowest BCUT2D eigenvalue weighted by Gasteiger charge is -2.08. The molecule has 1 heterocycles. The Morgan fingerprint density at radius 2 is 2.38 bits per heavy atom. The van der Waals surface area contributed by atoms with Crippen molar-refractivity contribution in [3.8, 4) is 0 Å². The summed E-state index contributed by atoms with van der Waals surface area (Å²) in [4.78, 5) is 21.3. The Morgan fingerprint density at radius 1 is 1.77 bits per heavy atom. The van der Waals surface area contributed by atoms with Crippen molar-refractivity contribution in [3.63, 3.8) is 0 Å². The average Bonchev–Trinajstić information content (AvgIpc) is 2.28. The van der Waals surface area contributed by atoms with Crippen LogP contribution in [-0.4, -0.2) is 20.9 Å². The van der Waals surface area contributed by atoms with Crippen LogP contribution >= 0.6 is 0 Å². The van der Waals surface area contributed by atoms with Gasteiger partial charge in [0.15, 0.2) is 0 Å². The number of rotatable bonds is 3. The highest BCUT2D eigenvalue weighted by atomic mass is 16.4. The average molecular weight is 184 g/mol. The van der Waals surface area contributed by atoms with E-state index in [2.05, 4.69) is 5.10 Å². The van der Waals surface area contributed by atoms with Crippen molar-refractivity contribution in [2.45, 2.75) is 19.3 Å². The monoisotopic (exact) mass is 184 g/mol. The highest BCUT2D eigenvalue weighted by molar-refractivity contribution is 5.67. The first-order chi connectivity index (χ1) is 6.00. The standard InChI is InChI=1S/C8H12N2O3/c1-5(3-8(12)13)6-4-7(11)9-10(6)2/h4-5H,3H2,1-2H3,(H,9,11)(H,12,13). The predicted octanol–water partition coefficient (Wildman–Crippen LogP) is 0.292. The second-order valence-corrected chi connectivity index (χ2v) is 3.10. The minimum atomic E-state index is -0.860. The smallest absolute Gasteiger partial charge is 0.304 e. The van der Waals surface area contributed by atoms with Crippen LogP contribution in [0.5, 0.6) is 0 Å². The lowest BCUT2D eigenvalue weighted by Crippen LogP contribution is -2.07. The molecule has 5 heteroatoms. The van der Waals surface area contributed by atoms with Crippen molar-refractivity contribution in [1.82, 2.24) is 9.78 Å². The molecule has 0 bridgehead atoms. The van der Waals surface area contributed by atoms with Gasteiger partial charge in [-0.2, -0.15) is 0 Å². The molecule has 72 valence electrons. The van der Waals surface area contributed by atoms with Gasteiger partial charge in [0.05, 0.1) is 6.42 Å². The van der Waals surface area contributed by atoms with E-state index in [4.69, 9.17) is 5.11 Å². The molecule has 1 rings (SSSR count). The van der Waals surface area contributed by atoms with E-state index >= 15 is 0 Å². The van der Waals surface area contributed by atoms with Crippen LogP contribution in [0.25, 0.3) is 0 Å². The van der Waals surface area contributed by atoms with Gasteiger partial charge in [0.1, 0.15) is 0 Å². The normalized spacial score (nSPS) is 12.8. The Bertz CT molecular complexity index is 364. The molecule has 5 nitrogen and oxygen atoms in total. The van der Waals surface area contributed by atoms with Crippen LogP contribution in [0.2, 0.25) is 0 Å². The summed E-state index contributed by atoms with van der Waals surface area (Å²) in [6.07, 6.45) is 0.0329. The quantitative estimate of drug-likeness (QED) is 0.709. The second-order valence-electron chi connectivity index (χ2n) is 3.10. The minimum absolute atomic E-state index is 0.0329. The Labute approximate surface area is 75.0 Å². The molecule has 1 atom stereocenters. The lowest BCUT2D eigenvalue weighted by molar-refractivity contribution is -0.137. The summed E-state index contributed by atoms with van der Waals surface area (Å²) in [5.74, 6) is -1.01. The fourth-order valence-electron chi connectivity index (χ4n) is 1.33. The fourth-order valence-corrected chi connectivity index (χ4v) is 1.33. The zero-order valence-electron chi connectivity index (χ0n) is 7.57. The number of aromatic nitrogens is 2. The second kappa shape index (κ2) is 3.47. The Morgan fingerprint density at radius 3 is 2.77 bits per heavy atom. The maximum atomic E-state index is 10.9. The maximum absolute atomic E-state index is 10.9. The Hall–Kier alpha value is -1.52. The van der Waals surface area contributed by atoms with Crippen molar-refractivity contribution in [2.75, 3.05) is 0 Å². The number of carboxylic acid groups (broad SMARTS) is 1. The number of carboxylic acids is 1. The highest BCUT2D eigenvalue weighted by Gasteiger charge is 2.13. The van der Waals surface area contributed by atoms with Crippen LogP contribution in [-0.2, 0) is 11.8 Å². The molecule has 2 N–H and O–H groups in total. The van der Waals surface area contributed by atoms with E-state index in [1.165, 1.54) is 6.07 Å². The van der Waals surface area contributed by atoms with Gasteiger partial charge < -0.3 is 5.11 Å². The van der Waals surface area contributed by atoms with Crippen molar-refractivity contribution in [1.29, 1.82) is 0 Å². The molecule has 13 heavy (non-hydrogen) atoms. The Balaban J connectivity index is 2.88. The van der Waals surface area contributed by atoms with Gasteiger partial charge in [-0.25, -0.2) is 0 Å². The zero-order valence-corrected chi connectivity index (χ0v) is 7.57. The number of carbonyl (C=O) groups is 1. The largest absolute Gasteiger partial charge is 0.481 e. The number of nitrogens with one attached hydrogen (secondary N) is 1. The van der Waals surface area contributed by atoms with Gasteiger partial charge in [-0.15, -0.1) is 0 Å². The van der Waals surface area contributed by atoms with Crippen molar-refractivity contribution in [3.05, 3.63) is 22.1 Å².